The van der Waals surface area contributed by atoms with Gasteiger partial charge in [0.15, 0.2) is 6.61 Å². The quantitative estimate of drug-likeness (QED) is 0.770. The van der Waals surface area contributed by atoms with E-state index in [1.165, 1.54) is 0 Å². The Hall–Kier alpha value is -2.57. The Kier molecular flexibility index (Phi) is 6.15. The van der Waals surface area contributed by atoms with E-state index in [-0.39, 0.29) is 42.2 Å². The van der Waals surface area contributed by atoms with Crippen molar-refractivity contribution in [1.29, 1.82) is 0 Å². The number of rotatable bonds is 4. The molecule has 2 aliphatic rings. The van der Waals surface area contributed by atoms with Crippen molar-refractivity contribution in [2.24, 2.45) is 5.92 Å². The van der Waals surface area contributed by atoms with E-state index in [0.717, 1.165) is 5.56 Å². The first-order chi connectivity index (χ1) is 13.6. The van der Waals surface area contributed by atoms with Gasteiger partial charge >= 0.3 is 0 Å². The molecule has 2 saturated heterocycles. The molecule has 0 radical (unpaired) electrons. The molecule has 1 unspecified atom stereocenters. The first-order valence-electron chi connectivity index (χ1n) is 10.2. The zero-order valence-electron chi connectivity index (χ0n) is 17.8. The van der Waals surface area contributed by atoms with Gasteiger partial charge in [0.2, 0.25) is 11.8 Å². The van der Waals surface area contributed by atoms with Gasteiger partial charge in [0.05, 0.1) is 5.92 Å². The van der Waals surface area contributed by atoms with Crippen LogP contribution in [-0.4, -0.2) is 77.3 Å². The summed E-state index contributed by atoms with van der Waals surface area (Å²) in [5.41, 5.74) is 0.869. The van der Waals surface area contributed by atoms with E-state index in [0.29, 0.717) is 38.5 Å². The SMILES string of the molecule is Cc1ccc(OCC(=O)N2CCN(C(=O)C3CC(=O)N(C(C)(C)C)C3)CC2)cc1. The molecule has 0 aliphatic carbocycles. The molecule has 1 atom stereocenters. The van der Waals surface area contributed by atoms with Gasteiger partial charge in [0, 0.05) is 44.7 Å². The van der Waals surface area contributed by atoms with Crippen LogP contribution in [0.3, 0.4) is 0 Å². The molecule has 1 aromatic rings. The van der Waals surface area contributed by atoms with Crippen molar-refractivity contribution < 1.29 is 19.1 Å². The van der Waals surface area contributed by atoms with Gasteiger partial charge in [0.1, 0.15) is 5.75 Å². The molecule has 29 heavy (non-hydrogen) atoms. The van der Waals surface area contributed by atoms with E-state index in [4.69, 9.17) is 4.74 Å². The minimum Gasteiger partial charge on any atom is -0.484 e. The Morgan fingerprint density at radius 2 is 1.62 bits per heavy atom. The summed E-state index contributed by atoms with van der Waals surface area (Å²) >= 11 is 0. The number of hydrogen-bond donors (Lipinski definition) is 0. The number of aryl methyl sites for hydroxylation is 1. The Bertz CT molecular complexity index is 761. The fourth-order valence-electron chi connectivity index (χ4n) is 3.83. The molecule has 158 valence electrons. The van der Waals surface area contributed by atoms with Crippen LogP contribution in [0.15, 0.2) is 24.3 Å². The number of ether oxygens (including phenoxy) is 1. The monoisotopic (exact) mass is 401 g/mol. The van der Waals surface area contributed by atoms with Gasteiger partial charge in [-0.15, -0.1) is 0 Å². The van der Waals surface area contributed by atoms with Gasteiger partial charge in [-0.2, -0.15) is 0 Å². The van der Waals surface area contributed by atoms with Crippen molar-refractivity contribution >= 4 is 17.7 Å². The summed E-state index contributed by atoms with van der Waals surface area (Å²) in [7, 11) is 0. The van der Waals surface area contributed by atoms with Crippen LogP contribution in [0.1, 0.15) is 32.8 Å². The van der Waals surface area contributed by atoms with Gasteiger partial charge in [-0.25, -0.2) is 0 Å². The Balaban J connectivity index is 1.46. The van der Waals surface area contributed by atoms with Crippen molar-refractivity contribution in [2.45, 2.75) is 39.7 Å². The fourth-order valence-corrected chi connectivity index (χ4v) is 3.83. The second-order valence-electron chi connectivity index (χ2n) is 8.88. The number of likely N-dealkylation sites (tertiary alicyclic amines) is 1. The van der Waals surface area contributed by atoms with E-state index >= 15 is 0 Å². The Morgan fingerprint density at radius 3 is 2.17 bits per heavy atom. The Morgan fingerprint density at radius 1 is 1.03 bits per heavy atom. The van der Waals surface area contributed by atoms with Crippen molar-refractivity contribution in [1.82, 2.24) is 14.7 Å². The highest BCUT2D eigenvalue weighted by atomic mass is 16.5. The standard InChI is InChI=1S/C22H31N3O4/c1-16-5-7-18(8-6-16)29-15-20(27)23-9-11-24(12-10-23)21(28)17-13-19(26)25(14-17)22(2,3)4/h5-8,17H,9-15H2,1-4H3. The van der Waals surface area contributed by atoms with Crippen LogP contribution in [0.25, 0.3) is 0 Å². The van der Waals surface area contributed by atoms with Crippen LogP contribution < -0.4 is 4.74 Å². The summed E-state index contributed by atoms with van der Waals surface area (Å²) in [5, 5.41) is 0. The molecule has 0 spiro atoms. The molecule has 3 rings (SSSR count). The first-order valence-corrected chi connectivity index (χ1v) is 10.2. The lowest BCUT2D eigenvalue weighted by Crippen LogP contribution is -2.53. The number of nitrogens with zero attached hydrogens (tertiary/aromatic N) is 3. The lowest BCUT2D eigenvalue weighted by Gasteiger charge is -2.36. The van der Waals surface area contributed by atoms with Gasteiger partial charge < -0.3 is 19.4 Å². The van der Waals surface area contributed by atoms with E-state index in [2.05, 4.69) is 0 Å². The van der Waals surface area contributed by atoms with Crippen molar-refractivity contribution in [2.75, 3.05) is 39.3 Å². The smallest absolute Gasteiger partial charge is 0.260 e. The van der Waals surface area contributed by atoms with E-state index in [1.54, 1.807) is 14.7 Å². The van der Waals surface area contributed by atoms with Crippen LogP contribution in [0.5, 0.6) is 5.75 Å². The first kappa shape index (κ1) is 21.1. The molecule has 2 aliphatic heterocycles. The maximum atomic E-state index is 12.9. The number of amides is 3. The molecular formula is C22H31N3O4. The normalized spacial score (nSPS) is 20.2. The van der Waals surface area contributed by atoms with Gasteiger partial charge in [-0.05, 0) is 39.8 Å². The van der Waals surface area contributed by atoms with Crippen LogP contribution in [0.4, 0.5) is 0 Å². The Labute approximate surface area is 172 Å². The lowest BCUT2D eigenvalue weighted by molar-refractivity contribution is -0.142. The third-order valence-electron chi connectivity index (χ3n) is 5.61. The summed E-state index contributed by atoms with van der Waals surface area (Å²) < 4.78 is 5.57. The van der Waals surface area contributed by atoms with Crippen molar-refractivity contribution in [3.05, 3.63) is 29.8 Å². The molecular weight excluding hydrogens is 370 g/mol. The molecule has 7 nitrogen and oxygen atoms in total. The molecule has 0 aromatic heterocycles. The van der Waals surface area contributed by atoms with Crippen LogP contribution >= 0.6 is 0 Å². The largest absolute Gasteiger partial charge is 0.484 e. The number of hydrogen-bond acceptors (Lipinski definition) is 4. The fraction of sp³-hybridized carbons (Fsp3) is 0.591. The van der Waals surface area contributed by atoms with Gasteiger partial charge in [-0.3, -0.25) is 14.4 Å². The van der Waals surface area contributed by atoms with Gasteiger partial charge in [-0.1, -0.05) is 17.7 Å². The molecule has 2 fully saturated rings. The van der Waals surface area contributed by atoms with Crippen LogP contribution in [0.2, 0.25) is 0 Å². The van der Waals surface area contributed by atoms with E-state index in [9.17, 15) is 14.4 Å². The highest BCUT2D eigenvalue weighted by Gasteiger charge is 2.41. The lowest BCUT2D eigenvalue weighted by atomic mass is 10.1. The molecule has 0 bridgehead atoms. The predicted octanol–water partition coefficient (Wildman–Crippen LogP) is 1.69. The molecule has 1 aromatic carbocycles. The summed E-state index contributed by atoms with van der Waals surface area (Å²) in [4.78, 5) is 42.8. The molecule has 2 heterocycles. The summed E-state index contributed by atoms with van der Waals surface area (Å²) in [6, 6.07) is 7.59. The van der Waals surface area contributed by atoms with Gasteiger partial charge in [0.25, 0.3) is 5.91 Å². The van der Waals surface area contributed by atoms with E-state index in [1.807, 2.05) is 52.0 Å². The topological polar surface area (TPSA) is 70.2 Å². The minimum atomic E-state index is -0.283. The molecule has 0 N–H and O–H groups in total. The average molecular weight is 402 g/mol. The molecule has 0 saturated carbocycles. The number of carbonyl (C=O) groups excluding carboxylic acids is 3. The van der Waals surface area contributed by atoms with Crippen LogP contribution in [0, 0.1) is 12.8 Å². The highest BCUT2D eigenvalue weighted by molar-refractivity contribution is 5.89. The third-order valence-corrected chi connectivity index (χ3v) is 5.61. The maximum Gasteiger partial charge on any atom is 0.260 e. The predicted molar refractivity (Wildman–Crippen MR) is 109 cm³/mol. The second kappa shape index (κ2) is 8.43. The summed E-state index contributed by atoms with van der Waals surface area (Å²) in [5.74, 6) is 0.375. The number of carbonyl (C=O) groups is 3. The third kappa shape index (κ3) is 5.08. The minimum absolute atomic E-state index is 0.00528. The average Bonchev–Trinajstić information content (AvgIpc) is 3.09. The van der Waals surface area contributed by atoms with Crippen molar-refractivity contribution in [3.63, 3.8) is 0 Å². The zero-order chi connectivity index (χ0) is 21.2. The summed E-state index contributed by atoms with van der Waals surface area (Å²) in [6.45, 7) is 10.4. The molecule has 3 amide bonds. The second-order valence-corrected chi connectivity index (χ2v) is 8.88. The summed E-state index contributed by atoms with van der Waals surface area (Å²) in [6.07, 6.45) is 0.277. The number of piperazine rings is 1. The van der Waals surface area contributed by atoms with Crippen LogP contribution in [-0.2, 0) is 14.4 Å². The zero-order valence-corrected chi connectivity index (χ0v) is 17.8. The maximum absolute atomic E-state index is 12.9. The highest BCUT2D eigenvalue weighted by Crippen LogP contribution is 2.27. The molecule has 7 heteroatoms. The van der Waals surface area contributed by atoms with Crippen molar-refractivity contribution in [3.8, 4) is 5.75 Å². The van der Waals surface area contributed by atoms with E-state index < -0.39 is 0 Å². The number of benzene rings is 1.